The van der Waals surface area contributed by atoms with Gasteiger partial charge in [-0.2, -0.15) is 0 Å². The molecule has 0 aliphatic rings. The number of benzene rings is 1. The Morgan fingerprint density at radius 1 is 1.22 bits per heavy atom. The molecule has 0 saturated carbocycles. The number of para-hydroxylation sites is 1. The average Bonchev–Trinajstić information content (AvgIpc) is 2.84. The molecule has 2 aromatic heterocycles. The number of halogens is 1. The summed E-state index contributed by atoms with van der Waals surface area (Å²) < 4.78 is 6.32. The molecule has 0 aliphatic heterocycles. The summed E-state index contributed by atoms with van der Waals surface area (Å²) in [6, 6.07) is 7.95. The summed E-state index contributed by atoms with van der Waals surface area (Å²) in [5.74, 6) is 0.641. The largest absolute Gasteiger partial charge is 0.487 e. The minimum absolute atomic E-state index is 0.0429. The fraction of sp³-hybridized carbons (Fsp3) is 0.345. The molecule has 7 heteroatoms. The van der Waals surface area contributed by atoms with E-state index in [2.05, 4.69) is 11.6 Å². The molecule has 0 atom stereocenters. The van der Waals surface area contributed by atoms with Crippen molar-refractivity contribution < 1.29 is 9.53 Å². The minimum atomic E-state index is -0.101. The molecule has 0 N–H and O–H groups in total. The number of hydrogen-bond donors (Lipinski definition) is 0. The van der Waals surface area contributed by atoms with Gasteiger partial charge in [0.2, 0.25) is 5.91 Å². The summed E-state index contributed by atoms with van der Waals surface area (Å²) in [7, 11) is 0. The summed E-state index contributed by atoms with van der Waals surface area (Å²) in [6.45, 7) is 16.3. The van der Waals surface area contributed by atoms with E-state index in [0.717, 1.165) is 33.4 Å². The number of fused-ring (bicyclic) bond motifs is 1. The number of carbonyl (C=O) groups excluding carboxylic acids is 1. The third-order valence-electron chi connectivity index (χ3n) is 5.90. The predicted octanol–water partition coefficient (Wildman–Crippen LogP) is 7.05. The summed E-state index contributed by atoms with van der Waals surface area (Å²) in [4.78, 5) is 25.7. The van der Waals surface area contributed by atoms with Crippen LogP contribution in [0.3, 0.4) is 0 Å². The lowest BCUT2D eigenvalue weighted by atomic mass is 10.1. The second-order valence-electron chi connectivity index (χ2n) is 9.27. The van der Waals surface area contributed by atoms with E-state index in [1.165, 1.54) is 0 Å². The maximum Gasteiger partial charge on any atom is 0.225 e. The zero-order valence-electron chi connectivity index (χ0n) is 22.0. The van der Waals surface area contributed by atoms with Crippen molar-refractivity contribution in [2.45, 2.75) is 60.7 Å². The Kier molecular flexibility index (Phi) is 9.10. The first-order chi connectivity index (χ1) is 17.2. The van der Waals surface area contributed by atoms with Crippen LogP contribution in [0.2, 0.25) is 5.02 Å². The zero-order valence-corrected chi connectivity index (χ0v) is 22.7. The van der Waals surface area contributed by atoms with Gasteiger partial charge in [0.1, 0.15) is 17.9 Å². The van der Waals surface area contributed by atoms with Crippen molar-refractivity contribution in [2.24, 2.45) is 5.92 Å². The van der Waals surface area contributed by atoms with Crippen LogP contribution < -0.4 is 9.64 Å². The molecular weight excluding hydrogens is 472 g/mol. The van der Waals surface area contributed by atoms with Gasteiger partial charge in [0.05, 0.1) is 10.7 Å². The highest BCUT2D eigenvalue weighted by Crippen LogP contribution is 2.34. The summed E-state index contributed by atoms with van der Waals surface area (Å²) in [6.07, 6.45) is 9.05. The number of allylic oxidation sites excluding steroid dienone is 1. The van der Waals surface area contributed by atoms with Crippen LogP contribution in [0.4, 0.5) is 5.69 Å². The van der Waals surface area contributed by atoms with Crippen LogP contribution in [0.5, 0.6) is 5.75 Å². The third kappa shape index (κ3) is 6.05. The highest BCUT2D eigenvalue weighted by molar-refractivity contribution is 6.31. The first-order valence-corrected chi connectivity index (χ1v) is 12.5. The van der Waals surface area contributed by atoms with E-state index in [-0.39, 0.29) is 24.5 Å². The lowest BCUT2D eigenvalue weighted by molar-refractivity contribution is -0.136. The number of aryl methyl sites for hydroxylation is 1. The number of anilines is 1. The van der Waals surface area contributed by atoms with Crippen LogP contribution in [0, 0.1) is 12.8 Å². The van der Waals surface area contributed by atoms with E-state index in [4.69, 9.17) is 21.3 Å². The maximum atomic E-state index is 12.8. The van der Waals surface area contributed by atoms with E-state index in [1.54, 1.807) is 18.6 Å². The number of carbonyl (C=O) groups is 1. The Labute approximate surface area is 219 Å². The number of nitrogens with zero attached hydrogens (tertiary/aromatic N) is 4. The van der Waals surface area contributed by atoms with Gasteiger partial charge in [-0.25, -0.2) is 4.98 Å². The molecule has 1 amide bonds. The molecule has 190 valence electrons. The molecule has 36 heavy (non-hydrogen) atoms. The SMILES string of the molecule is C=CN(/C=C\C)c1cc(C)nc2c(OCc3c(Cl)cncc3CN(C(=O)C(C)C)C(C)C)cccc12. The quantitative estimate of drug-likeness (QED) is 0.295. The molecule has 2 heterocycles. The van der Waals surface area contributed by atoms with Crippen LogP contribution in [0.25, 0.3) is 10.9 Å². The second-order valence-corrected chi connectivity index (χ2v) is 9.68. The van der Waals surface area contributed by atoms with E-state index >= 15 is 0 Å². The van der Waals surface area contributed by atoms with Gasteiger partial charge in [-0.3, -0.25) is 9.78 Å². The Morgan fingerprint density at radius 3 is 2.61 bits per heavy atom. The topological polar surface area (TPSA) is 58.6 Å². The number of rotatable bonds is 10. The van der Waals surface area contributed by atoms with Crippen molar-refractivity contribution in [3.63, 3.8) is 0 Å². The lowest BCUT2D eigenvalue weighted by Crippen LogP contribution is -2.39. The molecule has 0 bridgehead atoms. The van der Waals surface area contributed by atoms with Gasteiger partial charge in [0.25, 0.3) is 0 Å². The normalized spacial score (nSPS) is 11.5. The fourth-order valence-electron chi connectivity index (χ4n) is 4.04. The molecule has 0 spiro atoms. The Bertz CT molecular complexity index is 1270. The molecule has 3 rings (SSSR count). The third-order valence-corrected chi connectivity index (χ3v) is 6.23. The molecule has 0 unspecified atom stereocenters. The number of aromatic nitrogens is 2. The lowest BCUT2D eigenvalue weighted by Gasteiger charge is -2.29. The summed E-state index contributed by atoms with van der Waals surface area (Å²) >= 11 is 6.58. The second kappa shape index (κ2) is 12.0. The average molecular weight is 507 g/mol. The molecule has 0 fully saturated rings. The van der Waals surface area contributed by atoms with E-state index in [9.17, 15) is 4.79 Å². The van der Waals surface area contributed by atoms with E-state index in [0.29, 0.717) is 17.3 Å². The first-order valence-electron chi connectivity index (χ1n) is 12.2. The first kappa shape index (κ1) is 27.2. The molecule has 0 radical (unpaired) electrons. The molecule has 3 aromatic rings. The molecular formula is C29H35ClN4O2. The van der Waals surface area contributed by atoms with Gasteiger partial charge in [-0.05, 0) is 45.4 Å². The molecule has 0 aliphatic carbocycles. The van der Waals surface area contributed by atoms with Crippen LogP contribution in [-0.2, 0) is 17.9 Å². The number of hydrogen-bond acceptors (Lipinski definition) is 5. The van der Waals surface area contributed by atoms with Crippen molar-refractivity contribution in [2.75, 3.05) is 4.90 Å². The Hall–Kier alpha value is -3.38. The van der Waals surface area contributed by atoms with Crippen molar-refractivity contribution in [1.29, 1.82) is 0 Å². The van der Waals surface area contributed by atoms with Gasteiger partial charge in [0.15, 0.2) is 0 Å². The number of ether oxygens (including phenoxy) is 1. The van der Waals surface area contributed by atoms with Crippen LogP contribution in [0.15, 0.2) is 61.7 Å². The van der Waals surface area contributed by atoms with Crippen LogP contribution in [0.1, 0.15) is 51.4 Å². The molecule has 6 nitrogen and oxygen atoms in total. The van der Waals surface area contributed by atoms with Crippen molar-refractivity contribution in [1.82, 2.24) is 14.9 Å². The van der Waals surface area contributed by atoms with Crippen LogP contribution in [-0.4, -0.2) is 26.8 Å². The van der Waals surface area contributed by atoms with Gasteiger partial charge in [0, 0.05) is 59.9 Å². The fourth-order valence-corrected chi connectivity index (χ4v) is 4.27. The Balaban J connectivity index is 1.98. The van der Waals surface area contributed by atoms with Crippen molar-refractivity contribution in [3.8, 4) is 5.75 Å². The van der Waals surface area contributed by atoms with Gasteiger partial charge in [-0.15, -0.1) is 0 Å². The van der Waals surface area contributed by atoms with E-state index in [1.807, 2.05) is 87.9 Å². The van der Waals surface area contributed by atoms with Gasteiger partial charge in [-0.1, -0.05) is 50.2 Å². The van der Waals surface area contributed by atoms with Crippen LogP contribution >= 0.6 is 11.6 Å². The van der Waals surface area contributed by atoms with E-state index < -0.39 is 0 Å². The van der Waals surface area contributed by atoms with Crippen molar-refractivity contribution >= 4 is 34.1 Å². The van der Waals surface area contributed by atoms with Crippen molar-refractivity contribution in [3.05, 3.63) is 83.6 Å². The minimum Gasteiger partial charge on any atom is -0.487 e. The molecule has 1 aromatic carbocycles. The monoisotopic (exact) mass is 506 g/mol. The predicted molar refractivity (Wildman–Crippen MR) is 148 cm³/mol. The number of amides is 1. The van der Waals surface area contributed by atoms with Gasteiger partial charge < -0.3 is 14.5 Å². The summed E-state index contributed by atoms with van der Waals surface area (Å²) in [5, 5.41) is 1.45. The number of pyridine rings is 2. The summed E-state index contributed by atoms with van der Waals surface area (Å²) in [5.41, 5.74) is 4.27. The smallest absolute Gasteiger partial charge is 0.225 e. The maximum absolute atomic E-state index is 12.8. The standard InChI is InChI=1S/C29H35ClN4O2/c1-8-13-33(9-2)26-14-21(7)32-28-23(26)11-10-12-27(28)36-18-24-22(15-31-16-25(24)30)17-34(20(5)6)29(35)19(3)4/h8-16,19-20H,2,17-18H2,1,3-7H3/b13-8-. The molecule has 0 saturated heterocycles. The van der Waals surface area contributed by atoms with Gasteiger partial charge >= 0.3 is 0 Å². The Morgan fingerprint density at radius 2 is 1.97 bits per heavy atom. The highest BCUT2D eigenvalue weighted by atomic mass is 35.5. The zero-order chi connectivity index (χ0) is 26.4. The highest BCUT2D eigenvalue weighted by Gasteiger charge is 2.22.